The second-order valence-corrected chi connectivity index (χ2v) is 4.35. The number of hydrogen-bond acceptors (Lipinski definition) is 3. The van der Waals surface area contributed by atoms with Gasteiger partial charge in [-0.15, -0.1) is 11.3 Å². The fourth-order valence-electron chi connectivity index (χ4n) is 2.10. The summed E-state index contributed by atoms with van der Waals surface area (Å²) in [6, 6.07) is 6.28. The van der Waals surface area contributed by atoms with Crippen LogP contribution >= 0.6 is 11.3 Å². The normalized spacial score (nSPS) is 17.9. The molecule has 0 amide bonds. The Balaban J connectivity index is 2.30. The number of nitrogens with zero attached hydrogens (tertiary/aromatic N) is 1. The van der Waals surface area contributed by atoms with Gasteiger partial charge in [0.2, 0.25) is 0 Å². The number of hydrogen-bond donors (Lipinski definition) is 1. The predicted octanol–water partition coefficient (Wildman–Crippen LogP) is 2.21. The van der Waals surface area contributed by atoms with Crippen molar-refractivity contribution in [1.29, 1.82) is 0 Å². The van der Waals surface area contributed by atoms with Crippen LogP contribution in [0.4, 0.5) is 0 Å². The molecule has 1 aliphatic carbocycles. The Morgan fingerprint density at radius 2 is 2.29 bits per heavy atom. The molecule has 0 fully saturated rings. The fraction of sp³-hybridized carbons (Fsp3) is 0.182. The van der Waals surface area contributed by atoms with Crippen LogP contribution in [0.2, 0.25) is 0 Å². The summed E-state index contributed by atoms with van der Waals surface area (Å²) in [6.07, 6.45) is 1.85. The van der Waals surface area contributed by atoms with E-state index in [1.165, 1.54) is 16.0 Å². The summed E-state index contributed by atoms with van der Waals surface area (Å²) in [7, 11) is 0. The zero-order valence-electron chi connectivity index (χ0n) is 7.60. The number of aromatic nitrogens is 1. The molecule has 0 saturated heterocycles. The van der Waals surface area contributed by atoms with Crippen LogP contribution in [-0.4, -0.2) is 11.5 Å². The molecule has 2 aromatic rings. The van der Waals surface area contributed by atoms with Gasteiger partial charge in [-0.3, -0.25) is 4.98 Å². The number of nitrogens with two attached hydrogens (primary N) is 1. The highest BCUT2D eigenvalue weighted by atomic mass is 32.1. The second kappa shape index (κ2) is 2.90. The van der Waals surface area contributed by atoms with Crippen LogP contribution in [0.1, 0.15) is 17.0 Å². The van der Waals surface area contributed by atoms with Crippen LogP contribution in [0.15, 0.2) is 29.8 Å². The van der Waals surface area contributed by atoms with E-state index in [-0.39, 0.29) is 0 Å². The molecule has 2 N–H and O–H groups in total. The molecular formula is C11H10N2S. The highest BCUT2D eigenvalue weighted by Crippen LogP contribution is 2.45. The minimum atomic E-state index is 0.361. The standard InChI is InChI=1S/C11H10N2S/c12-6-9-7-2-1-4-13-10(7)11-8(9)3-5-14-11/h1-5,9H,6,12H2. The molecule has 0 saturated carbocycles. The van der Waals surface area contributed by atoms with Crippen LogP contribution in [-0.2, 0) is 0 Å². The molecule has 3 rings (SSSR count). The van der Waals surface area contributed by atoms with Crippen molar-refractivity contribution in [2.75, 3.05) is 6.54 Å². The van der Waals surface area contributed by atoms with Crippen molar-refractivity contribution < 1.29 is 0 Å². The molecule has 3 heteroatoms. The topological polar surface area (TPSA) is 38.9 Å². The van der Waals surface area contributed by atoms with E-state index in [1.54, 1.807) is 11.3 Å². The van der Waals surface area contributed by atoms with E-state index in [2.05, 4.69) is 22.5 Å². The minimum absolute atomic E-state index is 0.361. The van der Waals surface area contributed by atoms with E-state index in [9.17, 15) is 0 Å². The average molecular weight is 202 g/mol. The molecule has 0 spiro atoms. The highest BCUT2D eigenvalue weighted by molar-refractivity contribution is 7.13. The lowest BCUT2D eigenvalue weighted by Crippen LogP contribution is -2.10. The van der Waals surface area contributed by atoms with Gasteiger partial charge in [-0.25, -0.2) is 0 Å². The molecule has 2 heterocycles. The predicted molar refractivity (Wildman–Crippen MR) is 58.4 cm³/mol. The fourth-order valence-corrected chi connectivity index (χ4v) is 3.08. The number of thiophene rings is 1. The Hall–Kier alpha value is -1.19. The summed E-state index contributed by atoms with van der Waals surface area (Å²) in [6.45, 7) is 0.669. The average Bonchev–Trinajstić information content (AvgIpc) is 2.77. The van der Waals surface area contributed by atoms with E-state index in [4.69, 9.17) is 5.73 Å². The van der Waals surface area contributed by atoms with Crippen molar-refractivity contribution in [2.24, 2.45) is 5.73 Å². The summed E-state index contributed by atoms with van der Waals surface area (Å²) in [4.78, 5) is 5.73. The van der Waals surface area contributed by atoms with Gasteiger partial charge >= 0.3 is 0 Å². The van der Waals surface area contributed by atoms with Crippen molar-refractivity contribution >= 4 is 11.3 Å². The first-order valence-electron chi connectivity index (χ1n) is 4.64. The first kappa shape index (κ1) is 8.15. The first-order chi connectivity index (χ1) is 6.92. The van der Waals surface area contributed by atoms with Crippen molar-refractivity contribution in [3.05, 3.63) is 40.9 Å². The van der Waals surface area contributed by atoms with Crippen molar-refractivity contribution in [1.82, 2.24) is 4.98 Å². The van der Waals surface area contributed by atoms with E-state index in [1.807, 2.05) is 12.3 Å². The molecule has 0 aromatic carbocycles. The Morgan fingerprint density at radius 1 is 1.36 bits per heavy atom. The Kier molecular flexibility index (Phi) is 1.69. The molecule has 0 radical (unpaired) electrons. The van der Waals surface area contributed by atoms with Crippen molar-refractivity contribution in [3.8, 4) is 10.6 Å². The summed E-state index contributed by atoms with van der Waals surface area (Å²) in [5.41, 5.74) is 9.57. The molecule has 1 atom stereocenters. The highest BCUT2D eigenvalue weighted by Gasteiger charge is 2.29. The zero-order valence-corrected chi connectivity index (χ0v) is 8.42. The molecule has 0 aliphatic heterocycles. The van der Waals surface area contributed by atoms with Gasteiger partial charge in [-0.1, -0.05) is 6.07 Å². The van der Waals surface area contributed by atoms with E-state index in [0.29, 0.717) is 12.5 Å². The first-order valence-corrected chi connectivity index (χ1v) is 5.52. The number of pyridine rings is 1. The molecule has 14 heavy (non-hydrogen) atoms. The lowest BCUT2D eigenvalue weighted by molar-refractivity contribution is 0.840. The largest absolute Gasteiger partial charge is 0.330 e. The molecule has 1 aliphatic rings. The molecule has 0 bridgehead atoms. The van der Waals surface area contributed by atoms with Gasteiger partial charge < -0.3 is 5.73 Å². The molecule has 1 unspecified atom stereocenters. The summed E-state index contributed by atoms with van der Waals surface area (Å²) in [5.74, 6) is 0.361. The Labute approximate surface area is 86.4 Å². The van der Waals surface area contributed by atoms with E-state index in [0.717, 1.165) is 5.69 Å². The van der Waals surface area contributed by atoms with Crippen LogP contribution in [0.3, 0.4) is 0 Å². The summed E-state index contributed by atoms with van der Waals surface area (Å²) in [5, 5.41) is 2.12. The number of rotatable bonds is 1. The van der Waals surface area contributed by atoms with Gasteiger partial charge in [0.25, 0.3) is 0 Å². The van der Waals surface area contributed by atoms with Crippen molar-refractivity contribution in [2.45, 2.75) is 5.92 Å². The third-order valence-corrected chi connectivity index (χ3v) is 3.67. The van der Waals surface area contributed by atoms with Gasteiger partial charge in [0, 0.05) is 18.7 Å². The Bertz CT molecular complexity index is 476. The molecule has 70 valence electrons. The van der Waals surface area contributed by atoms with Crippen LogP contribution in [0, 0.1) is 0 Å². The maximum atomic E-state index is 5.80. The maximum Gasteiger partial charge on any atom is 0.0843 e. The quantitative estimate of drug-likeness (QED) is 0.770. The summed E-state index contributed by atoms with van der Waals surface area (Å²) >= 11 is 1.76. The van der Waals surface area contributed by atoms with Crippen LogP contribution in [0.25, 0.3) is 10.6 Å². The van der Waals surface area contributed by atoms with E-state index < -0.39 is 0 Å². The zero-order chi connectivity index (χ0) is 9.54. The SMILES string of the molecule is NCC1c2cccnc2-c2sccc21. The van der Waals surface area contributed by atoms with Crippen LogP contribution < -0.4 is 5.73 Å². The molecular weight excluding hydrogens is 192 g/mol. The number of fused-ring (bicyclic) bond motifs is 3. The second-order valence-electron chi connectivity index (χ2n) is 3.43. The lowest BCUT2D eigenvalue weighted by atomic mass is 9.99. The summed E-state index contributed by atoms with van der Waals surface area (Å²) < 4.78 is 0. The van der Waals surface area contributed by atoms with E-state index >= 15 is 0 Å². The Morgan fingerprint density at radius 3 is 3.14 bits per heavy atom. The minimum Gasteiger partial charge on any atom is -0.330 e. The third-order valence-electron chi connectivity index (χ3n) is 2.74. The van der Waals surface area contributed by atoms with Gasteiger partial charge in [0.1, 0.15) is 0 Å². The van der Waals surface area contributed by atoms with Crippen molar-refractivity contribution in [3.63, 3.8) is 0 Å². The monoisotopic (exact) mass is 202 g/mol. The smallest absolute Gasteiger partial charge is 0.0843 e. The molecule has 2 nitrogen and oxygen atoms in total. The van der Waals surface area contributed by atoms with Gasteiger partial charge in [0.05, 0.1) is 10.6 Å². The maximum absolute atomic E-state index is 5.80. The third kappa shape index (κ3) is 0.910. The molecule has 2 aromatic heterocycles. The van der Waals surface area contributed by atoms with Crippen LogP contribution in [0.5, 0.6) is 0 Å². The van der Waals surface area contributed by atoms with Gasteiger partial charge in [-0.2, -0.15) is 0 Å². The van der Waals surface area contributed by atoms with Gasteiger partial charge in [0.15, 0.2) is 0 Å². The lowest BCUT2D eigenvalue weighted by Gasteiger charge is -2.07. The van der Waals surface area contributed by atoms with Gasteiger partial charge in [-0.05, 0) is 28.6 Å².